The fraction of sp³-hybridized carbons (Fsp3) is 0.300. The number of benzene rings is 1. The van der Waals surface area contributed by atoms with E-state index in [1.165, 1.54) is 12.1 Å². The van der Waals surface area contributed by atoms with Gasteiger partial charge in [-0.15, -0.1) is 11.8 Å². The normalized spacial score (nSPS) is 12.5. The molecular weight excluding hydrogens is 219 g/mol. The number of hydrogen-bond acceptors (Lipinski definition) is 3. The zero-order valence-electron chi connectivity index (χ0n) is 8.11. The van der Waals surface area contributed by atoms with Gasteiger partial charge in [-0.05, 0) is 25.1 Å². The Morgan fingerprint density at radius 1 is 1.60 bits per heavy atom. The first-order valence-corrected chi connectivity index (χ1v) is 5.33. The number of aliphatic hydroxyl groups is 1. The van der Waals surface area contributed by atoms with Crippen LogP contribution in [0.25, 0.3) is 0 Å². The van der Waals surface area contributed by atoms with Crippen molar-refractivity contribution in [2.45, 2.75) is 17.9 Å². The number of thioether (sulfide) groups is 1. The molecule has 5 heteroatoms. The Balaban J connectivity index is 2.85. The summed E-state index contributed by atoms with van der Waals surface area (Å²) in [5.41, 5.74) is 0.0458. The van der Waals surface area contributed by atoms with Crippen molar-refractivity contribution < 1.29 is 19.4 Å². The van der Waals surface area contributed by atoms with Gasteiger partial charge in [-0.1, -0.05) is 0 Å². The molecule has 0 saturated carbocycles. The maximum Gasteiger partial charge on any atom is 0.335 e. The van der Waals surface area contributed by atoms with Crippen LogP contribution in [-0.2, 0) is 0 Å². The van der Waals surface area contributed by atoms with Gasteiger partial charge in [0.2, 0.25) is 0 Å². The molecule has 1 aromatic carbocycles. The van der Waals surface area contributed by atoms with Gasteiger partial charge in [0.15, 0.2) is 0 Å². The van der Waals surface area contributed by atoms with Gasteiger partial charge in [-0.25, -0.2) is 9.18 Å². The van der Waals surface area contributed by atoms with Gasteiger partial charge < -0.3 is 10.2 Å². The van der Waals surface area contributed by atoms with E-state index >= 15 is 0 Å². The highest BCUT2D eigenvalue weighted by Gasteiger charge is 2.09. The molecular formula is C10H11FO3S. The minimum Gasteiger partial charge on any atom is -0.478 e. The highest BCUT2D eigenvalue weighted by atomic mass is 32.2. The Morgan fingerprint density at radius 3 is 2.80 bits per heavy atom. The van der Waals surface area contributed by atoms with Crippen LogP contribution in [-0.4, -0.2) is 28.0 Å². The van der Waals surface area contributed by atoms with Gasteiger partial charge in [0.05, 0.1) is 11.7 Å². The van der Waals surface area contributed by atoms with E-state index in [9.17, 15) is 9.18 Å². The first-order chi connectivity index (χ1) is 7.00. The molecule has 0 bridgehead atoms. The quantitative estimate of drug-likeness (QED) is 0.777. The Labute approximate surface area is 90.9 Å². The van der Waals surface area contributed by atoms with E-state index in [-0.39, 0.29) is 10.5 Å². The summed E-state index contributed by atoms with van der Waals surface area (Å²) in [7, 11) is 0. The molecule has 1 atom stereocenters. The predicted octanol–water partition coefficient (Wildman–Crippen LogP) is 2.00. The molecule has 0 spiro atoms. The maximum absolute atomic E-state index is 13.2. The lowest BCUT2D eigenvalue weighted by molar-refractivity contribution is 0.0696. The number of carboxylic acids is 1. The SMILES string of the molecule is CC(O)CSc1cc(C(=O)O)ccc1F. The van der Waals surface area contributed by atoms with Crippen LogP contribution in [0.15, 0.2) is 23.1 Å². The van der Waals surface area contributed by atoms with Gasteiger partial charge in [0.1, 0.15) is 5.82 Å². The minimum absolute atomic E-state index is 0.0458. The fourth-order valence-electron chi connectivity index (χ4n) is 0.957. The van der Waals surface area contributed by atoms with Crippen LogP contribution in [0.4, 0.5) is 4.39 Å². The van der Waals surface area contributed by atoms with E-state index in [2.05, 4.69) is 0 Å². The summed E-state index contributed by atoms with van der Waals surface area (Å²) in [4.78, 5) is 10.9. The lowest BCUT2D eigenvalue weighted by Crippen LogP contribution is -2.03. The molecule has 0 aliphatic carbocycles. The number of rotatable bonds is 4. The summed E-state index contributed by atoms with van der Waals surface area (Å²) in [6, 6.07) is 3.60. The molecule has 1 rings (SSSR count). The van der Waals surface area contributed by atoms with Gasteiger partial charge in [0.25, 0.3) is 0 Å². The van der Waals surface area contributed by atoms with Crippen molar-refractivity contribution in [3.05, 3.63) is 29.6 Å². The van der Waals surface area contributed by atoms with Crippen LogP contribution < -0.4 is 0 Å². The Morgan fingerprint density at radius 2 is 2.27 bits per heavy atom. The average molecular weight is 230 g/mol. The van der Waals surface area contributed by atoms with Crippen molar-refractivity contribution in [3.63, 3.8) is 0 Å². The van der Waals surface area contributed by atoms with Crippen molar-refractivity contribution >= 4 is 17.7 Å². The fourth-order valence-corrected chi connectivity index (χ4v) is 1.79. The van der Waals surface area contributed by atoms with Gasteiger partial charge >= 0.3 is 5.97 Å². The summed E-state index contributed by atoms with van der Waals surface area (Å²) >= 11 is 1.10. The Kier molecular flexibility index (Phi) is 4.11. The maximum atomic E-state index is 13.2. The summed E-state index contributed by atoms with van der Waals surface area (Å²) in [5, 5.41) is 17.7. The molecule has 0 saturated heterocycles. The van der Waals surface area contributed by atoms with E-state index in [1.54, 1.807) is 6.92 Å². The second kappa shape index (κ2) is 5.14. The molecule has 0 aromatic heterocycles. The van der Waals surface area contributed by atoms with Crippen LogP contribution in [0.5, 0.6) is 0 Å². The number of carbonyl (C=O) groups is 1. The van der Waals surface area contributed by atoms with Crippen molar-refractivity contribution in [2.75, 3.05) is 5.75 Å². The second-order valence-corrected chi connectivity index (χ2v) is 4.17. The van der Waals surface area contributed by atoms with E-state index in [4.69, 9.17) is 10.2 Å². The molecule has 0 aliphatic heterocycles. The average Bonchev–Trinajstić information content (AvgIpc) is 2.16. The molecule has 0 heterocycles. The van der Waals surface area contributed by atoms with Crippen molar-refractivity contribution in [1.82, 2.24) is 0 Å². The third kappa shape index (κ3) is 3.53. The zero-order chi connectivity index (χ0) is 11.4. The third-order valence-corrected chi connectivity index (χ3v) is 2.93. The first-order valence-electron chi connectivity index (χ1n) is 4.34. The van der Waals surface area contributed by atoms with E-state index in [1.807, 2.05) is 0 Å². The zero-order valence-corrected chi connectivity index (χ0v) is 8.92. The molecule has 0 fully saturated rings. The lowest BCUT2D eigenvalue weighted by Gasteiger charge is -2.05. The van der Waals surface area contributed by atoms with Crippen LogP contribution in [0.2, 0.25) is 0 Å². The number of aliphatic hydroxyl groups excluding tert-OH is 1. The van der Waals surface area contributed by atoms with Crippen LogP contribution >= 0.6 is 11.8 Å². The number of aromatic carboxylic acids is 1. The van der Waals surface area contributed by atoms with Crippen molar-refractivity contribution in [1.29, 1.82) is 0 Å². The minimum atomic E-state index is -1.09. The molecule has 1 unspecified atom stereocenters. The smallest absolute Gasteiger partial charge is 0.335 e. The van der Waals surface area contributed by atoms with Gasteiger partial charge in [-0.2, -0.15) is 0 Å². The molecule has 0 amide bonds. The van der Waals surface area contributed by atoms with Crippen LogP contribution in [0, 0.1) is 5.82 Å². The predicted molar refractivity (Wildman–Crippen MR) is 55.8 cm³/mol. The van der Waals surface area contributed by atoms with E-state index < -0.39 is 17.9 Å². The van der Waals surface area contributed by atoms with E-state index in [0.29, 0.717) is 5.75 Å². The topological polar surface area (TPSA) is 57.5 Å². The second-order valence-electron chi connectivity index (χ2n) is 3.11. The summed E-state index contributed by atoms with van der Waals surface area (Å²) in [5.74, 6) is -1.22. The molecule has 0 aliphatic rings. The van der Waals surface area contributed by atoms with Gasteiger partial charge in [0, 0.05) is 10.6 Å². The first kappa shape index (κ1) is 12.0. The largest absolute Gasteiger partial charge is 0.478 e. The highest BCUT2D eigenvalue weighted by molar-refractivity contribution is 7.99. The number of halogens is 1. The third-order valence-electron chi connectivity index (χ3n) is 1.66. The van der Waals surface area contributed by atoms with Crippen LogP contribution in [0.3, 0.4) is 0 Å². The Bertz CT molecular complexity index is 366. The molecule has 82 valence electrons. The molecule has 0 radical (unpaired) electrons. The number of carboxylic acid groups (broad SMARTS) is 1. The van der Waals surface area contributed by atoms with E-state index in [0.717, 1.165) is 17.8 Å². The van der Waals surface area contributed by atoms with Gasteiger partial charge in [-0.3, -0.25) is 0 Å². The van der Waals surface area contributed by atoms with Crippen molar-refractivity contribution in [2.24, 2.45) is 0 Å². The molecule has 3 nitrogen and oxygen atoms in total. The standard InChI is InChI=1S/C10H11FO3S/c1-6(12)5-15-9-4-7(10(13)14)2-3-8(9)11/h2-4,6,12H,5H2,1H3,(H,13,14). The Hall–Kier alpha value is -1.07. The monoisotopic (exact) mass is 230 g/mol. The molecule has 15 heavy (non-hydrogen) atoms. The molecule has 2 N–H and O–H groups in total. The van der Waals surface area contributed by atoms with Crippen molar-refractivity contribution in [3.8, 4) is 0 Å². The summed E-state index contributed by atoms with van der Waals surface area (Å²) in [6.07, 6.45) is -0.553. The number of hydrogen-bond donors (Lipinski definition) is 2. The van der Waals surface area contributed by atoms with Crippen LogP contribution in [0.1, 0.15) is 17.3 Å². The highest BCUT2D eigenvalue weighted by Crippen LogP contribution is 2.23. The molecule has 1 aromatic rings. The summed E-state index contributed by atoms with van der Waals surface area (Å²) < 4.78 is 13.2. The lowest BCUT2D eigenvalue weighted by atomic mass is 10.2. The summed E-state index contributed by atoms with van der Waals surface area (Å²) in [6.45, 7) is 1.59.